The highest BCUT2D eigenvalue weighted by atomic mass is 16.3. The van der Waals surface area contributed by atoms with Gasteiger partial charge < -0.3 is 10.0 Å². The molecule has 1 amide bonds. The fourth-order valence-electron chi connectivity index (χ4n) is 1.59. The number of aliphatic hydroxyl groups excluding tert-OH is 1. The Hall–Kier alpha value is -0.610. The monoisotopic (exact) mass is 200 g/mol. The first-order chi connectivity index (χ1) is 6.50. The highest BCUT2D eigenvalue weighted by Crippen LogP contribution is 2.16. The number of aliphatic hydroxyl groups is 1. The quantitative estimate of drug-likeness (QED) is 0.670. The minimum absolute atomic E-state index is 0.103. The van der Waals surface area contributed by atoms with E-state index in [1.165, 1.54) is 0 Å². The van der Waals surface area contributed by atoms with Crippen molar-refractivity contribution in [2.45, 2.75) is 19.4 Å². The van der Waals surface area contributed by atoms with Gasteiger partial charge in [-0.3, -0.25) is 9.69 Å². The summed E-state index contributed by atoms with van der Waals surface area (Å²) in [5.41, 5.74) is 0. The molecule has 1 N–H and O–H groups in total. The highest BCUT2D eigenvalue weighted by molar-refractivity contribution is 5.77. The molecule has 0 aromatic rings. The molecular formula is C10H20N2O2. The lowest BCUT2D eigenvalue weighted by Gasteiger charge is -2.34. The van der Waals surface area contributed by atoms with Crippen LogP contribution in [0, 0.1) is 5.92 Å². The number of piperidine rings is 1. The number of carbonyl (C=O) groups excluding carboxylic acids is 1. The van der Waals surface area contributed by atoms with Crippen molar-refractivity contribution >= 4 is 5.91 Å². The lowest BCUT2D eigenvalue weighted by molar-refractivity contribution is -0.130. The Morgan fingerprint density at radius 2 is 2.21 bits per heavy atom. The molecule has 0 spiro atoms. The van der Waals surface area contributed by atoms with Gasteiger partial charge in [0.05, 0.1) is 12.6 Å². The lowest BCUT2D eigenvalue weighted by Crippen LogP contribution is -2.46. The molecule has 1 fully saturated rings. The van der Waals surface area contributed by atoms with E-state index in [0.717, 1.165) is 13.0 Å². The number of likely N-dealkylation sites (tertiary alicyclic amines) is 1. The molecule has 2 unspecified atom stereocenters. The zero-order valence-corrected chi connectivity index (χ0v) is 9.23. The molecular weight excluding hydrogens is 180 g/mol. The molecule has 1 aliphatic rings. The van der Waals surface area contributed by atoms with E-state index in [2.05, 4.69) is 6.92 Å². The number of amides is 1. The van der Waals surface area contributed by atoms with Crippen LogP contribution in [0.1, 0.15) is 13.3 Å². The van der Waals surface area contributed by atoms with Crippen LogP contribution in [0.15, 0.2) is 0 Å². The number of β-amino-alcohol motifs (C(OH)–C–C–N with tert-alkyl or cyclic N) is 1. The summed E-state index contributed by atoms with van der Waals surface area (Å²) in [6.45, 7) is 4.02. The first-order valence-corrected chi connectivity index (χ1v) is 5.11. The summed E-state index contributed by atoms with van der Waals surface area (Å²) in [4.78, 5) is 15.0. The third-order valence-corrected chi connectivity index (χ3v) is 2.86. The van der Waals surface area contributed by atoms with Crippen molar-refractivity contribution in [2.75, 3.05) is 33.7 Å². The van der Waals surface area contributed by atoms with E-state index in [4.69, 9.17) is 0 Å². The topological polar surface area (TPSA) is 43.8 Å². The molecule has 0 radical (unpaired) electrons. The highest BCUT2D eigenvalue weighted by Gasteiger charge is 2.25. The predicted octanol–water partition coefficient (Wildman–Crippen LogP) is -0.223. The van der Waals surface area contributed by atoms with Crippen LogP contribution in [-0.2, 0) is 4.79 Å². The van der Waals surface area contributed by atoms with Gasteiger partial charge in [-0.2, -0.15) is 0 Å². The van der Waals surface area contributed by atoms with Crippen LogP contribution in [0.3, 0.4) is 0 Å². The number of likely N-dealkylation sites (N-methyl/N-ethyl adjacent to an activating group) is 1. The van der Waals surface area contributed by atoms with Crippen molar-refractivity contribution in [3.63, 3.8) is 0 Å². The van der Waals surface area contributed by atoms with E-state index in [0.29, 0.717) is 19.0 Å². The van der Waals surface area contributed by atoms with Crippen LogP contribution >= 0.6 is 0 Å². The summed E-state index contributed by atoms with van der Waals surface area (Å²) in [6, 6.07) is 0. The van der Waals surface area contributed by atoms with Crippen LogP contribution in [-0.4, -0.2) is 60.6 Å². The molecule has 1 rings (SSSR count). The number of hydrogen-bond donors (Lipinski definition) is 1. The maximum absolute atomic E-state index is 11.4. The standard InChI is InChI=1S/C10H20N2O2/c1-8-4-5-12(6-9(8)13)7-10(14)11(2)3/h8-9,13H,4-7H2,1-3H3. The Kier molecular flexibility index (Phi) is 3.89. The molecule has 0 aromatic heterocycles. The van der Waals surface area contributed by atoms with E-state index in [1.54, 1.807) is 19.0 Å². The molecule has 1 aliphatic heterocycles. The summed E-state index contributed by atoms with van der Waals surface area (Å²) >= 11 is 0. The molecule has 4 nitrogen and oxygen atoms in total. The Labute approximate surface area is 85.5 Å². The first-order valence-electron chi connectivity index (χ1n) is 5.11. The van der Waals surface area contributed by atoms with Gasteiger partial charge in [-0.25, -0.2) is 0 Å². The van der Waals surface area contributed by atoms with Gasteiger partial charge in [0.25, 0.3) is 0 Å². The van der Waals surface area contributed by atoms with Crippen LogP contribution in [0.5, 0.6) is 0 Å². The fourth-order valence-corrected chi connectivity index (χ4v) is 1.59. The zero-order valence-electron chi connectivity index (χ0n) is 9.23. The molecule has 1 saturated heterocycles. The third kappa shape index (κ3) is 2.96. The Morgan fingerprint density at radius 3 is 2.71 bits per heavy atom. The molecule has 0 aromatic carbocycles. The van der Waals surface area contributed by atoms with Gasteiger partial charge in [0.2, 0.25) is 5.91 Å². The van der Waals surface area contributed by atoms with Crippen molar-refractivity contribution < 1.29 is 9.90 Å². The largest absolute Gasteiger partial charge is 0.392 e. The number of hydrogen-bond acceptors (Lipinski definition) is 3. The summed E-state index contributed by atoms with van der Waals surface area (Å²) in [5.74, 6) is 0.465. The molecule has 14 heavy (non-hydrogen) atoms. The van der Waals surface area contributed by atoms with Crippen LogP contribution in [0.25, 0.3) is 0 Å². The van der Waals surface area contributed by atoms with E-state index >= 15 is 0 Å². The van der Waals surface area contributed by atoms with Crippen LogP contribution in [0.4, 0.5) is 0 Å². The van der Waals surface area contributed by atoms with Crippen molar-refractivity contribution in [1.82, 2.24) is 9.80 Å². The second-order valence-corrected chi connectivity index (χ2v) is 4.36. The predicted molar refractivity (Wildman–Crippen MR) is 54.9 cm³/mol. The SMILES string of the molecule is CC1CCN(CC(=O)N(C)C)CC1O. The average Bonchev–Trinajstić information content (AvgIpc) is 2.11. The number of nitrogens with zero attached hydrogens (tertiary/aromatic N) is 2. The van der Waals surface area contributed by atoms with E-state index in [9.17, 15) is 9.90 Å². The number of rotatable bonds is 2. The van der Waals surface area contributed by atoms with Gasteiger partial charge in [-0.05, 0) is 18.9 Å². The molecule has 0 saturated carbocycles. The molecule has 0 aliphatic carbocycles. The summed E-state index contributed by atoms with van der Waals surface area (Å²) < 4.78 is 0. The van der Waals surface area contributed by atoms with Crippen molar-refractivity contribution in [1.29, 1.82) is 0 Å². The maximum atomic E-state index is 11.4. The second kappa shape index (κ2) is 4.75. The molecule has 4 heteroatoms. The Morgan fingerprint density at radius 1 is 1.57 bits per heavy atom. The minimum atomic E-state index is -0.279. The molecule has 2 atom stereocenters. The Bertz CT molecular complexity index is 206. The minimum Gasteiger partial charge on any atom is -0.392 e. The third-order valence-electron chi connectivity index (χ3n) is 2.86. The smallest absolute Gasteiger partial charge is 0.236 e. The van der Waals surface area contributed by atoms with Crippen LogP contribution < -0.4 is 0 Å². The van der Waals surface area contributed by atoms with Crippen molar-refractivity contribution in [3.8, 4) is 0 Å². The van der Waals surface area contributed by atoms with Gasteiger partial charge in [-0.1, -0.05) is 6.92 Å². The van der Waals surface area contributed by atoms with E-state index in [1.807, 2.05) is 4.90 Å². The Balaban J connectivity index is 2.37. The van der Waals surface area contributed by atoms with E-state index < -0.39 is 0 Å². The van der Waals surface area contributed by atoms with E-state index in [-0.39, 0.29) is 12.0 Å². The van der Waals surface area contributed by atoms with Gasteiger partial charge in [0.15, 0.2) is 0 Å². The van der Waals surface area contributed by atoms with Crippen molar-refractivity contribution in [3.05, 3.63) is 0 Å². The zero-order chi connectivity index (χ0) is 10.7. The van der Waals surface area contributed by atoms with Gasteiger partial charge >= 0.3 is 0 Å². The van der Waals surface area contributed by atoms with Crippen molar-refractivity contribution in [2.24, 2.45) is 5.92 Å². The maximum Gasteiger partial charge on any atom is 0.236 e. The summed E-state index contributed by atoms with van der Waals surface area (Å²) in [5, 5.41) is 9.63. The van der Waals surface area contributed by atoms with Gasteiger partial charge in [0.1, 0.15) is 0 Å². The molecule has 82 valence electrons. The van der Waals surface area contributed by atoms with Gasteiger partial charge in [-0.15, -0.1) is 0 Å². The fraction of sp³-hybridized carbons (Fsp3) is 0.900. The summed E-state index contributed by atoms with van der Waals surface area (Å²) in [6.07, 6.45) is 0.695. The van der Waals surface area contributed by atoms with Crippen LogP contribution in [0.2, 0.25) is 0 Å². The number of carbonyl (C=O) groups is 1. The van der Waals surface area contributed by atoms with Gasteiger partial charge in [0, 0.05) is 20.6 Å². The summed E-state index contributed by atoms with van der Waals surface area (Å²) in [7, 11) is 3.51. The lowest BCUT2D eigenvalue weighted by atomic mass is 9.96. The average molecular weight is 200 g/mol. The molecule has 0 bridgehead atoms. The normalized spacial score (nSPS) is 28.9. The second-order valence-electron chi connectivity index (χ2n) is 4.36. The first kappa shape index (κ1) is 11.5. The molecule has 1 heterocycles.